The molecule has 2 aromatic carbocycles. The molecule has 1 fully saturated rings. The Morgan fingerprint density at radius 2 is 1.72 bits per heavy atom. The fourth-order valence-electron chi connectivity index (χ4n) is 2.78. The average Bonchev–Trinajstić information content (AvgIpc) is 2.87. The third kappa shape index (κ3) is 3.01. The van der Waals surface area contributed by atoms with Crippen molar-refractivity contribution in [1.82, 2.24) is 10.3 Å². The van der Waals surface area contributed by atoms with Crippen LogP contribution in [-0.2, 0) is 10.3 Å². The maximum atomic E-state index is 12.9. The Hall–Kier alpha value is -2.37. The first-order valence-electron chi connectivity index (χ1n) is 7.70. The van der Waals surface area contributed by atoms with E-state index in [1.54, 1.807) is 30.3 Å². The van der Waals surface area contributed by atoms with Crippen molar-refractivity contribution in [3.8, 4) is 0 Å². The van der Waals surface area contributed by atoms with Crippen LogP contribution < -0.4 is 5.32 Å². The maximum absolute atomic E-state index is 12.9. The highest BCUT2D eigenvalue weighted by atomic mass is 35.5. The van der Waals surface area contributed by atoms with Crippen LogP contribution in [0.25, 0.3) is 0 Å². The van der Waals surface area contributed by atoms with Gasteiger partial charge in [-0.05, 0) is 24.1 Å². The van der Waals surface area contributed by atoms with E-state index in [2.05, 4.69) is 10.4 Å². The number of imide groups is 1. The minimum atomic E-state index is -1.13. The summed E-state index contributed by atoms with van der Waals surface area (Å²) in [6.45, 7) is 1.84. The number of urea groups is 1. The zero-order chi connectivity index (χ0) is 18.0. The number of nitrogens with one attached hydrogen (secondary N) is 1. The Morgan fingerprint density at radius 1 is 1.08 bits per heavy atom. The largest absolute Gasteiger partial charge is 0.346 e. The summed E-state index contributed by atoms with van der Waals surface area (Å²) in [6, 6.07) is 13.5. The molecule has 1 saturated heterocycles. The molecule has 0 aliphatic carbocycles. The minimum Gasteiger partial charge on any atom is -0.318 e. The zero-order valence-electron chi connectivity index (χ0n) is 13.4. The SMILES string of the molecule is CC[C@]1(c2ccccc2)NC(=O)N(N=Cc2c(Cl)cccc2Cl)C1=O. The van der Waals surface area contributed by atoms with Crippen molar-refractivity contribution in [2.24, 2.45) is 5.10 Å². The fourth-order valence-corrected chi connectivity index (χ4v) is 3.27. The summed E-state index contributed by atoms with van der Waals surface area (Å²) in [7, 11) is 0. The Labute approximate surface area is 155 Å². The molecular formula is C18H15Cl2N3O2. The van der Waals surface area contributed by atoms with E-state index in [0.29, 0.717) is 27.6 Å². The van der Waals surface area contributed by atoms with Crippen molar-refractivity contribution in [3.63, 3.8) is 0 Å². The molecule has 1 aliphatic rings. The first kappa shape index (κ1) is 17.5. The molecular weight excluding hydrogens is 361 g/mol. The lowest BCUT2D eigenvalue weighted by Crippen LogP contribution is -2.43. The molecule has 3 amide bonds. The molecule has 1 heterocycles. The summed E-state index contributed by atoms with van der Waals surface area (Å²) in [5, 5.41) is 8.36. The van der Waals surface area contributed by atoms with E-state index in [1.165, 1.54) is 6.21 Å². The van der Waals surface area contributed by atoms with Gasteiger partial charge in [-0.3, -0.25) is 4.79 Å². The van der Waals surface area contributed by atoms with Crippen molar-refractivity contribution >= 4 is 41.4 Å². The monoisotopic (exact) mass is 375 g/mol. The molecule has 7 heteroatoms. The average molecular weight is 376 g/mol. The second-order valence-electron chi connectivity index (χ2n) is 5.55. The van der Waals surface area contributed by atoms with E-state index >= 15 is 0 Å². The molecule has 0 bridgehead atoms. The van der Waals surface area contributed by atoms with Crippen LogP contribution in [0.2, 0.25) is 10.0 Å². The van der Waals surface area contributed by atoms with Crippen molar-refractivity contribution in [2.45, 2.75) is 18.9 Å². The van der Waals surface area contributed by atoms with Crippen LogP contribution >= 0.6 is 23.2 Å². The van der Waals surface area contributed by atoms with Gasteiger partial charge in [0.2, 0.25) is 0 Å². The Kier molecular flexibility index (Phi) is 4.79. The molecule has 2 aromatic rings. The fraction of sp³-hybridized carbons (Fsp3) is 0.167. The molecule has 0 saturated carbocycles. The highest BCUT2D eigenvalue weighted by Gasteiger charge is 2.51. The lowest BCUT2D eigenvalue weighted by Gasteiger charge is -2.24. The summed E-state index contributed by atoms with van der Waals surface area (Å²) in [5.41, 5.74) is 0.0319. The second-order valence-corrected chi connectivity index (χ2v) is 6.37. The summed E-state index contributed by atoms with van der Waals surface area (Å²) < 4.78 is 0. The highest BCUT2D eigenvalue weighted by molar-refractivity contribution is 6.38. The van der Waals surface area contributed by atoms with Gasteiger partial charge in [-0.15, -0.1) is 5.01 Å². The van der Waals surface area contributed by atoms with Crippen LogP contribution in [0.5, 0.6) is 0 Å². The number of hydrogen-bond donors (Lipinski definition) is 1. The zero-order valence-corrected chi connectivity index (χ0v) is 14.9. The molecule has 0 radical (unpaired) electrons. The Bertz CT molecular complexity index is 834. The Balaban J connectivity index is 1.95. The van der Waals surface area contributed by atoms with Gasteiger partial charge in [-0.1, -0.05) is 66.5 Å². The predicted molar refractivity (Wildman–Crippen MR) is 97.8 cm³/mol. The third-order valence-corrected chi connectivity index (χ3v) is 4.83. The predicted octanol–water partition coefficient (Wildman–Crippen LogP) is 4.18. The van der Waals surface area contributed by atoms with Crippen LogP contribution in [0.3, 0.4) is 0 Å². The standard InChI is InChI=1S/C18H15Cl2N3O2/c1-2-18(12-7-4-3-5-8-12)16(24)23(17(25)22-18)21-11-13-14(19)9-6-10-15(13)20/h3-11H,2H2,1H3,(H,22,25)/t18-/m1/s1. The maximum Gasteiger partial charge on any atom is 0.346 e. The van der Waals surface area contributed by atoms with Crippen LogP contribution in [0, 0.1) is 0 Å². The quantitative estimate of drug-likeness (QED) is 0.643. The number of benzene rings is 2. The van der Waals surface area contributed by atoms with Gasteiger partial charge in [0.05, 0.1) is 16.3 Å². The van der Waals surface area contributed by atoms with Crippen LogP contribution in [0.1, 0.15) is 24.5 Å². The van der Waals surface area contributed by atoms with Gasteiger partial charge in [0.15, 0.2) is 0 Å². The Morgan fingerprint density at radius 3 is 2.32 bits per heavy atom. The first-order valence-corrected chi connectivity index (χ1v) is 8.45. The van der Waals surface area contributed by atoms with E-state index in [4.69, 9.17) is 23.2 Å². The topological polar surface area (TPSA) is 61.8 Å². The number of amides is 3. The smallest absolute Gasteiger partial charge is 0.318 e. The van der Waals surface area contributed by atoms with E-state index in [1.807, 2.05) is 25.1 Å². The molecule has 1 N–H and O–H groups in total. The van der Waals surface area contributed by atoms with E-state index in [-0.39, 0.29) is 0 Å². The molecule has 5 nitrogen and oxygen atoms in total. The summed E-state index contributed by atoms with van der Waals surface area (Å²) in [4.78, 5) is 25.3. The summed E-state index contributed by atoms with van der Waals surface area (Å²) >= 11 is 12.2. The van der Waals surface area contributed by atoms with Crippen LogP contribution in [0.15, 0.2) is 53.6 Å². The molecule has 0 aromatic heterocycles. The van der Waals surface area contributed by atoms with Crippen molar-refractivity contribution in [1.29, 1.82) is 0 Å². The van der Waals surface area contributed by atoms with Gasteiger partial charge in [-0.2, -0.15) is 5.10 Å². The number of rotatable bonds is 4. The number of halogens is 2. The van der Waals surface area contributed by atoms with Gasteiger partial charge in [0.1, 0.15) is 5.54 Å². The van der Waals surface area contributed by atoms with Gasteiger partial charge in [-0.25, -0.2) is 4.79 Å². The summed E-state index contributed by atoms with van der Waals surface area (Å²) in [6.07, 6.45) is 1.72. The highest BCUT2D eigenvalue weighted by Crippen LogP contribution is 2.32. The number of carbonyl (C=O) groups excluding carboxylic acids is 2. The molecule has 128 valence electrons. The van der Waals surface area contributed by atoms with E-state index < -0.39 is 17.5 Å². The van der Waals surface area contributed by atoms with Gasteiger partial charge >= 0.3 is 6.03 Å². The van der Waals surface area contributed by atoms with Crippen molar-refractivity contribution < 1.29 is 9.59 Å². The molecule has 0 spiro atoms. The molecule has 0 unspecified atom stereocenters. The van der Waals surface area contributed by atoms with Crippen LogP contribution in [-0.4, -0.2) is 23.2 Å². The normalized spacial score (nSPS) is 20.4. The van der Waals surface area contributed by atoms with Gasteiger partial charge in [0.25, 0.3) is 5.91 Å². The molecule has 25 heavy (non-hydrogen) atoms. The van der Waals surface area contributed by atoms with E-state index in [9.17, 15) is 9.59 Å². The molecule has 3 rings (SSSR count). The lowest BCUT2D eigenvalue weighted by atomic mass is 9.87. The van der Waals surface area contributed by atoms with Crippen LogP contribution in [0.4, 0.5) is 4.79 Å². The number of hydrazone groups is 1. The number of carbonyl (C=O) groups is 2. The van der Waals surface area contributed by atoms with E-state index in [0.717, 1.165) is 5.01 Å². The lowest BCUT2D eigenvalue weighted by molar-refractivity contribution is -0.131. The summed E-state index contributed by atoms with van der Waals surface area (Å²) in [5.74, 6) is -0.439. The second kappa shape index (κ2) is 6.86. The number of hydrogen-bond acceptors (Lipinski definition) is 3. The van der Waals surface area contributed by atoms with Gasteiger partial charge in [0, 0.05) is 5.56 Å². The van der Waals surface area contributed by atoms with Gasteiger partial charge < -0.3 is 5.32 Å². The molecule has 1 aliphatic heterocycles. The third-order valence-electron chi connectivity index (χ3n) is 4.17. The molecule has 1 atom stereocenters. The first-order chi connectivity index (χ1) is 12.0. The van der Waals surface area contributed by atoms with Crippen molar-refractivity contribution in [2.75, 3.05) is 0 Å². The number of nitrogens with zero attached hydrogens (tertiary/aromatic N) is 2. The minimum absolute atomic E-state index is 0.383. The van der Waals surface area contributed by atoms with Crippen molar-refractivity contribution in [3.05, 3.63) is 69.7 Å².